The average Bonchev–Trinajstić information content (AvgIpc) is 2.58. The summed E-state index contributed by atoms with van der Waals surface area (Å²) < 4.78 is 2.48. The number of aromatic nitrogens is 2. The summed E-state index contributed by atoms with van der Waals surface area (Å²) in [5, 5.41) is 0. The van der Waals surface area contributed by atoms with Crippen molar-refractivity contribution in [3.8, 4) is 0 Å². The van der Waals surface area contributed by atoms with Gasteiger partial charge in [-0.25, -0.2) is 4.98 Å². The molecule has 1 aliphatic rings. The second-order valence-corrected chi connectivity index (χ2v) is 4.76. The molecule has 0 bridgehead atoms. The van der Waals surface area contributed by atoms with Gasteiger partial charge < -0.3 is 10.3 Å². The van der Waals surface area contributed by atoms with Gasteiger partial charge in [0.15, 0.2) is 0 Å². The summed E-state index contributed by atoms with van der Waals surface area (Å²) >= 11 is 0. The van der Waals surface area contributed by atoms with Gasteiger partial charge in [-0.15, -0.1) is 0 Å². The summed E-state index contributed by atoms with van der Waals surface area (Å²) in [7, 11) is 0. The second-order valence-electron chi connectivity index (χ2n) is 4.76. The second kappa shape index (κ2) is 5.48. The number of rotatable bonds is 6. The molecule has 0 spiro atoms. The van der Waals surface area contributed by atoms with Crippen molar-refractivity contribution in [2.75, 3.05) is 6.54 Å². The summed E-state index contributed by atoms with van der Waals surface area (Å²) in [6.45, 7) is 2.95. The van der Waals surface area contributed by atoms with Crippen molar-refractivity contribution >= 4 is 0 Å². The average molecular weight is 221 g/mol. The first-order chi connectivity index (χ1) is 7.86. The summed E-state index contributed by atoms with van der Waals surface area (Å²) in [6.07, 6.45) is 10.7. The number of unbranched alkanes of at least 4 members (excludes halogenated alkanes) is 1. The third-order valence-electron chi connectivity index (χ3n) is 3.54. The molecule has 0 saturated heterocycles. The van der Waals surface area contributed by atoms with E-state index in [2.05, 4.69) is 22.7 Å². The fourth-order valence-corrected chi connectivity index (χ4v) is 2.39. The Morgan fingerprint density at radius 3 is 2.81 bits per heavy atom. The number of aryl methyl sites for hydroxylation is 1. The lowest BCUT2D eigenvalue weighted by Crippen LogP contribution is -2.22. The molecule has 0 radical (unpaired) electrons. The Balaban J connectivity index is 2.15. The Kier molecular flexibility index (Phi) is 3.99. The predicted octanol–water partition coefficient (Wildman–Crippen LogP) is 2.45. The predicted molar refractivity (Wildman–Crippen MR) is 66.5 cm³/mol. The first kappa shape index (κ1) is 11.6. The lowest BCUT2D eigenvalue weighted by Gasteiger charge is -2.30. The quantitative estimate of drug-likeness (QED) is 0.802. The molecule has 3 nitrogen and oxygen atoms in total. The van der Waals surface area contributed by atoms with Crippen LogP contribution in [0.2, 0.25) is 0 Å². The maximum absolute atomic E-state index is 5.65. The highest BCUT2D eigenvalue weighted by molar-refractivity contribution is 5.09. The van der Waals surface area contributed by atoms with Gasteiger partial charge in [0.25, 0.3) is 0 Å². The zero-order chi connectivity index (χ0) is 11.4. The van der Waals surface area contributed by atoms with Crippen molar-refractivity contribution in [1.29, 1.82) is 0 Å². The maximum atomic E-state index is 5.65. The molecule has 1 heterocycles. The fraction of sp³-hybridized carbons (Fsp3) is 0.769. The van der Waals surface area contributed by atoms with Crippen LogP contribution in [0.4, 0.5) is 0 Å². The third kappa shape index (κ3) is 2.29. The van der Waals surface area contributed by atoms with Crippen molar-refractivity contribution in [2.45, 2.75) is 57.9 Å². The van der Waals surface area contributed by atoms with E-state index in [1.165, 1.54) is 50.0 Å². The van der Waals surface area contributed by atoms with Crippen LogP contribution in [0, 0.1) is 0 Å². The Hall–Kier alpha value is -0.830. The van der Waals surface area contributed by atoms with Gasteiger partial charge in [-0.1, -0.05) is 13.3 Å². The standard InChI is InChI=1S/C13H23N3/c1-2-3-5-12-10-15-13(8-9-14)16(12)11-6-4-7-11/h10-11H,2-9,14H2,1H3. The molecule has 2 rings (SSSR count). The van der Waals surface area contributed by atoms with Crippen LogP contribution in [0.25, 0.3) is 0 Å². The molecule has 0 amide bonds. The number of nitrogens with zero attached hydrogens (tertiary/aromatic N) is 2. The van der Waals surface area contributed by atoms with Crippen molar-refractivity contribution < 1.29 is 0 Å². The van der Waals surface area contributed by atoms with Crippen LogP contribution in [-0.2, 0) is 12.8 Å². The molecule has 1 aliphatic carbocycles. The SMILES string of the molecule is CCCCc1cnc(CCN)n1C1CCC1. The molecule has 2 N–H and O–H groups in total. The molecule has 0 aromatic carbocycles. The van der Waals surface area contributed by atoms with E-state index in [-0.39, 0.29) is 0 Å². The molecule has 1 aromatic heterocycles. The zero-order valence-electron chi connectivity index (χ0n) is 10.3. The van der Waals surface area contributed by atoms with Crippen LogP contribution in [0.15, 0.2) is 6.20 Å². The van der Waals surface area contributed by atoms with Crippen molar-refractivity contribution in [3.63, 3.8) is 0 Å². The van der Waals surface area contributed by atoms with Gasteiger partial charge >= 0.3 is 0 Å². The van der Waals surface area contributed by atoms with Crippen molar-refractivity contribution in [3.05, 3.63) is 17.7 Å². The van der Waals surface area contributed by atoms with E-state index in [9.17, 15) is 0 Å². The minimum Gasteiger partial charge on any atom is -0.330 e. The van der Waals surface area contributed by atoms with Crippen molar-refractivity contribution in [1.82, 2.24) is 9.55 Å². The van der Waals surface area contributed by atoms with E-state index in [0.29, 0.717) is 6.54 Å². The van der Waals surface area contributed by atoms with E-state index in [1.807, 2.05) is 0 Å². The Bertz CT molecular complexity index is 326. The molecular formula is C13H23N3. The van der Waals surface area contributed by atoms with Gasteiger partial charge in [-0.05, 0) is 38.6 Å². The van der Waals surface area contributed by atoms with Gasteiger partial charge in [0, 0.05) is 24.4 Å². The van der Waals surface area contributed by atoms with E-state index < -0.39 is 0 Å². The Morgan fingerprint density at radius 2 is 2.25 bits per heavy atom. The number of hydrogen-bond acceptors (Lipinski definition) is 2. The highest BCUT2D eigenvalue weighted by atomic mass is 15.1. The van der Waals surface area contributed by atoms with Crippen LogP contribution in [0.1, 0.15) is 56.6 Å². The Labute approximate surface area is 98.1 Å². The highest BCUT2D eigenvalue weighted by Crippen LogP contribution is 2.34. The van der Waals surface area contributed by atoms with Gasteiger partial charge in [0.05, 0.1) is 0 Å². The molecule has 0 aliphatic heterocycles. The fourth-order valence-electron chi connectivity index (χ4n) is 2.39. The minimum atomic E-state index is 0.705. The van der Waals surface area contributed by atoms with E-state index in [1.54, 1.807) is 0 Å². The molecule has 16 heavy (non-hydrogen) atoms. The minimum absolute atomic E-state index is 0.705. The molecule has 1 fully saturated rings. The third-order valence-corrected chi connectivity index (χ3v) is 3.54. The molecule has 1 saturated carbocycles. The summed E-state index contributed by atoms with van der Waals surface area (Å²) in [6, 6.07) is 0.718. The number of imidazole rings is 1. The smallest absolute Gasteiger partial charge is 0.110 e. The molecule has 0 atom stereocenters. The summed E-state index contributed by atoms with van der Waals surface area (Å²) in [4.78, 5) is 4.54. The van der Waals surface area contributed by atoms with Crippen LogP contribution in [-0.4, -0.2) is 16.1 Å². The van der Waals surface area contributed by atoms with Crippen molar-refractivity contribution in [2.24, 2.45) is 5.73 Å². The maximum Gasteiger partial charge on any atom is 0.110 e. The number of nitrogens with two attached hydrogens (primary N) is 1. The van der Waals surface area contributed by atoms with Gasteiger partial charge in [0.1, 0.15) is 5.82 Å². The van der Waals surface area contributed by atoms with Gasteiger partial charge in [0.2, 0.25) is 0 Å². The van der Waals surface area contributed by atoms with E-state index in [4.69, 9.17) is 5.73 Å². The highest BCUT2D eigenvalue weighted by Gasteiger charge is 2.23. The molecule has 1 aromatic rings. The van der Waals surface area contributed by atoms with Crippen LogP contribution >= 0.6 is 0 Å². The zero-order valence-corrected chi connectivity index (χ0v) is 10.3. The summed E-state index contributed by atoms with van der Waals surface area (Å²) in [5.41, 5.74) is 7.07. The lowest BCUT2D eigenvalue weighted by atomic mass is 9.92. The molecule has 0 unspecified atom stereocenters. The van der Waals surface area contributed by atoms with E-state index in [0.717, 1.165) is 12.5 Å². The lowest BCUT2D eigenvalue weighted by molar-refractivity contribution is 0.299. The molecular weight excluding hydrogens is 198 g/mol. The number of hydrogen-bond donors (Lipinski definition) is 1. The normalized spacial score (nSPS) is 16.4. The molecule has 90 valence electrons. The summed E-state index contributed by atoms with van der Waals surface area (Å²) in [5.74, 6) is 1.21. The molecule has 3 heteroatoms. The van der Waals surface area contributed by atoms with E-state index >= 15 is 0 Å². The van der Waals surface area contributed by atoms with Crippen LogP contribution in [0.5, 0.6) is 0 Å². The Morgan fingerprint density at radius 1 is 1.44 bits per heavy atom. The first-order valence-electron chi connectivity index (χ1n) is 6.61. The topological polar surface area (TPSA) is 43.8 Å². The monoisotopic (exact) mass is 221 g/mol. The largest absolute Gasteiger partial charge is 0.330 e. The van der Waals surface area contributed by atoms with Crippen LogP contribution in [0.3, 0.4) is 0 Å². The first-order valence-corrected chi connectivity index (χ1v) is 6.61. The van der Waals surface area contributed by atoms with Gasteiger partial charge in [-0.3, -0.25) is 0 Å². The van der Waals surface area contributed by atoms with Crippen LogP contribution < -0.4 is 5.73 Å². The van der Waals surface area contributed by atoms with Gasteiger partial charge in [-0.2, -0.15) is 0 Å².